The number of carbonyl (C=O) groups is 1. The molecule has 0 saturated heterocycles. The molecule has 2 rings (SSSR count). The minimum absolute atomic E-state index is 0.101. The highest BCUT2D eigenvalue weighted by Crippen LogP contribution is 2.29. The zero-order chi connectivity index (χ0) is 14.2. The first kappa shape index (κ1) is 13.7. The predicted molar refractivity (Wildman–Crippen MR) is 77.7 cm³/mol. The predicted octanol–water partition coefficient (Wildman–Crippen LogP) is 3.79. The van der Waals surface area contributed by atoms with Crippen molar-refractivity contribution in [2.24, 2.45) is 0 Å². The van der Waals surface area contributed by atoms with Crippen molar-refractivity contribution in [3.8, 4) is 0 Å². The van der Waals surface area contributed by atoms with E-state index in [4.69, 9.17) is 5.11 Å². The fraction of sp³-hybridized carbons (Fsp3) is 0.438. The fourth-order valence-electron chi connectivity index (χ4n) is 2.40. The summed E-state index contributed by atoms with van der Waals surface area (Å²) in [4.78, 5) is 14.1. The molecule has 0 aliphatic rings. The number of carboxylic acid groups (broad SMARTS) is 1. The van der Waals surface area contributed by atoms with Gasteiger partial charge in [0.15, 0.2) is 0 Å². The lowest BCUT2D eigenvalue weighted by molar-refractivity contribution is -0.136. The average molecular weight is 259 g/mol. The molecule has 0 saturated carbocycles. The summed E-state index contributed by atoms with van der Waals surface area (Å²) in [6.45, 7) is 8.56. The van der Waals surface area contributed by atoms with Gasteiger partial charge in [-0.1, -0.05) is 26.8 Å². The van der Waals surface area contributed by atoms with E-state index in [-0.39, 0.29) is 11.8 Å². The number of benzene rings is 1. The molecular formula is C16H21NO2. The first-order chi connectivity index (χ1) is 8.79. The first-order valence-corrected chi connectivity index (χ1v) is 6.62. The molecule has 1 heterocycles. The number of fused-ring (bicyclic) bond motifs is 1. The largest absolute Gasteiger partial charge is 0.481 e. The van der Waals surface area contributed by atoms with Crippen LogP contribution in [0.5, 0.6) is 0 Å². The van der Waals surface area contributed by atoms with Gasteiger partial charge in [0.2, 0.25) is 0 Å². The molecule has 1 aromatic heterocycles. The van der Waals surface area contributed by atoms with Crippen molar-refractivity contribution in [2.45, 2.75) is 46.0 Å². The highest BCUT2D eigenvalue weighted by molar-refractivity contribution is 5.86. The zero-order valence-corrected chi connectivity index (χ0v) is 12.0. The highest BCUT2D eigenvalue weighted by Gasteiger charge is 2.16. The van der Waals surface area contributed by atoms with E-state index in [0.717, 1.165) is 22.2 Å². The molecule has 3 nitrogen and oxygen atoms in total. The molecule has 1 aromatic carbocycles. The topological polar surface area (TPSA) is 53.1 Å². The third kappa shape index (κ3) is 2.80. The number of carboxylic acids is 1. The lowest BCUT2D eigenvalue weighted by Crippen LogP contribution is -2.10. The Morgan fingerprint density at radius 2 is 2.00 bits per heavy atom. The molecule has 102 valence electrons. The van der Waals surface area contributed by atoms with E-state index in [0.29, 0.717) is 6.42 Å². The number of aromatic nitrogens is 1. The monoisotopic (exact) mass is 259 g/mol. The average Bonchev–Trinajstić information content (AvgIpc) is 2.59. The van der Waals surface area contributed by atoms with Crippen molar-refractivity contribution in [1.82, 2.24) is 4.98 Å². The number of nitrogens with one attached hydrogen (secondary N) is 1. The third-order valence-electron chi connectivity index (χ3n) is 3.57. The summed E-state index contributed by atoms with van der Waals surface area (Å²) in [6.07, 6.45) is 0.752. The molecule has 0 spiro atoms. The second kappa shape index (κ2) is 4.72. The third-order valence-corrected chi connectivity index (χ3v) is 3.57. The van der Waals surface area contributed by atoms with Crippen LogP contribution in [0.2, 0.25) is 0 Å². The van der Waals surface area contributed by atoms with Gasteiger partial charge in [0.1, 0.15) is 0 Å². The van der Waals surface area contributed by atoms with E-state index in [1.165, 1.54) is 5.56 Å². The summed E-state index contributed by atoms with van der Waals surface area (Å²) in [7, 11) is 0. The molecular weight excluding hydrogens is 238 g/mol. The Hall–Kier alpha value is -1.77. The van der Waals surface area contributed by atoms with Gasteiger partial charge in [0.25, 0.3) is 0 Å². The Labute approximate surface area is 113 Å². The summed E-state index contributed by atoms with van der Waals surface area (Å²) in [6, 6.07) is 6.42. The van der Waals surface area contributed by atoms with Crippen LogP contribution in [-0.2, 0) is 16.6 Å². The van der Waals surface area contributed by atoms with E-state index < -0.39 is 5.97 Å². The van der Waals surface area contributed by atoms with Gasteiger partial charge < -0.3 is 10.1 Å². The molecule has 0 unspecified atom stereocenters. The summed E-state index contributed by atoms with van der Waals surface area (Å²) in [5.74, 6) is -0.749. The van der Waals surface area contributed by atoms with Crippen LogP contribution < -0.4 is 0 Å². The fourth-order valence-corrected chi connectivity index (χ4v) is 2.40. The van der Waals surface area contributed by atoms with Crippen LogP contribution in [0.15, 0.2) is 18.2 Å². The van der Waals surface area contributed by atoms with Crippen LogP contribution in [-0.4, -0.2) is 16.1 Å². The van der Waals surface area contributed by atoms with Crippen molar-refractivity contribution in [2.75, 3.05) is 0 Å². The van der Waals surface area contributed by atoms with Crippen LogP contribution in [0.4, 0.5) is 0 Å². The lowest BCUT2D eigenvalue weighted by Gasteiger charge is -2.19. The highest BCUT2D eigenvalue weighted by atomic mass is 16.4. The Kier molecular flexibility index (Phi) is 3.40. The van der Waals surface area contributed by atoms with Crippen LogP contribution >= 0.6 is 0 Å². The number of aryl methyl sites for hydroxylation is 2. The van der Waals surface area contributed by atoms with Crippen LogP contribution in [0, 0.1) is 6.92 Å². The second-order valence-electron chi connectivity index (χ2n) is 6.13. The van der Waals surface area contributed by atoms with Gasteiger partial charge in [-0.3, -0.25) is 4.79 Å². The van der Waals surface area contributed by atoms with Gasteiger partial charge in [-0.25, -0.2) is 0 Å². The number of rotatable bonds is 3. The van der Waals surface area contributed by atoms with E-state index in [1.807, 2.05) is 6.92 Å². The number of aromatic amines is 1. The standard InChI is InChI=1S/C16H21NO2/c1-10-12(6-8-15(18)19)13-9-11(16(2,3)4)5-7-14(13)17-10/h5,7,9,17H,6,8H2,1-4H3,(H,18,19). The summed E-state index contributed by atoms with van der Waals surface area (Å²) >= 11 is 0. The van der Waals surface area contributed by atoms with Crippen molar-refractivity contribution in [3.05, 3.63) is 35.0 Å². The first-order valence-electron chi connectivity index (χ1n) is 6.62. The number of aliphatic carboxylic acids is 1. The number of H-pyrrole nitrogens is 1. The van der Waals surface area contributed by atoms with Crippen molar-refractivity contribution in [1.29, 1.82) is 0 Å². The van der Waals surface area contributed by atoms with Gasteiger partial charge >= 0.3 is 5.97 Å². The molecule has 0 aliphatic heterocycles. The van der Waals surface area contributed by atoms with Gasteiger partial charge in [-0.2, -0.15) is 0 Å². The zero-order valence-electron chi connectivity index (χ0n) is 12.0. The van der Waals surface area contributed by atoms with Crippen molar-refractivity contribution < 1.29 is 9.90 Å². The normalized spacial score (nSPS) is 12.0. The van der Waals surface area contributed by atoms with Gasteiger partial charge in [0.05, 0.1) is 0 Å². The van der Waals surface area contributed by atoms with Crippen LogP contribution in [0.1, 0.15) is 44.0 Å². The van der Waals surface area contributed by atoms with Crippen molar-refractivity contribution >= 4 is 16.9 Å². The molecule has 2 N–H and O–H groups in total. The quantitative estimate of drug-likeness (QED) is 0.881. The smallest absolute Gasteiger partial charge is 0.303 e. The molecule has 19 heavy (non-hydrogen) atoms. The maximum absolute atomic E-state index is 10.8. The SMILES string of the molecule is Cc1[nH]c2ccc(C(C)(C)C)cc2c1CCC(=O)O. The van der Waals surface area contributed by atoms with Crippen molar-refractivity contribution in [3.63, 3.8) is 0 Å². The Balaban J connectivity index is 2.50. The van der Waals surface area contributed by atoms with E-state index in [1.54, 1.807) is 0 Å². The molecule has 0 atom stereocenters. The molecule has 0 aliphatic carbocycles. The van der Waals surface area contributed by atoms with E-state index in [9.17, 15) is 4.79 Å². The minimum atomic E-state index is -0.749. The number of hydrogen-bond acceptors (Lipinski definition) is 1. The van der Waals surface area contributed by atoms with Gasteiger partial charge in [0, 0.05) is 23.0 Å². The Bertz CT molecular complexity index is 617. The molecule has 0 fully saturated rings. The summed E-state index contributed by atoms with van der Waals surface area (Å²) in [5, 5.41) is 10.0. The van der Waals surface area contributed by atoms with Gasteiger partial charge in [-0.05, 0) is 42.0 Å². The minimum Gasteiger partial charge on any atom is -0.481 e. The summed E-state index contributed by atoms with van der Waals surface area (Å²) in [5.41, 5.74) is 4.66. The van der Waals surface area contributed by atoms with Gasteiger partial charge in [-0.15, -0.1) is 0 Å². The lowest BCUT2D eigenvalue weighted by atomic mass is 9.86. The molecule has 3 heteroatoms. The second-order valence-corrected chi connectivity index (χ2v) is 6.13. The maximum Gasteiger partial charge on any atom is 0.303 e. The Morgan fingerprint density at radius 1 is 1.32 bits per heavy atom. The van der Waals surface area contributed by atoms with Crippen LogP contribution in [0.25, 0.3) is 10.9 Å². The molecule has 2 aromatic rings. The Morgan fingerprint density at radius 3 is 2.58 bits per heavy atom. The molecule has 0 radical (unpaired) electrons. The summed E-state index contributed by atoms with van der Waals surface area (Å²) < 4.78 is 0. The molecule has 0 amide bonds. The number of hydrogen-bond donors (Lipinski definition) is 2. The maximum atomic E-state index is 10.8. The van der Waals surface area contributed by atoms with E-state index >= 15 is 0 Å². The van der Waals surface area contributed by atoms with E-state index in [2.05, 4.69) is 44.0 Å². The molecule has 0 bridgehead atoms. The van der Waals surface area contributed by atoms with Crippen LogP contribution in [0.3, 0.4) is 0 Å².